The molecule has 2 aromatic rings. The van der Waals surface area contributed by atoms with Crippen molar-refractivity contribution >= 4 is 44.7 Å². The molecule has 0 aliphatic carbocycles. The minimum Gasteiger partial charge on any atom is -0.481 e. The largest absolute Gasteiger partial charge is 0.481 e. The Morgan fingerprint density at radius 1 is 1.15 bits per heavy atom. The van der Waals surface area contributed by atoms with Gasteiger partial charge in [-0.1, -0.05) is 23.7 Å². The topological polar surface area (TPSA) is 113 Å². The van der Waals surface area contributed by atoms with Crippen molar-refractivity contribution in [2.45, 2.75) is 30.0 Å². The molecule has 1 aliphatic heterocycles. The normalized spacial score (nSPS) is 19.0. The second-order valence-electron chi connectivity index (χ2n) is 6.39. The number of hydrogen-bond donors (Lipinski definition) is 3. The molecule has 7 nitrogen and oxygen atoms in total. The number of amides is 1. The first kappa shape index (κ1) is 19.2. The van der Waals surface area contributed by atoms with Crippen molar-refractivity contribution < 1.29 is 23.1 Å². The number of para-hydroxylation sites is 2. The number of aryl methyl sites for hydroxylation is 2. The van der Waals surface area contributed by atoms with Gasteiger partial charge in [-0.2, -0.15) is 0 Å². The van der Waals surface area contributed by atoms with Crippen molar-refractivity contribution in [1.29, 1.82) is 0 Å². The fourth-order valence-electron chi connectivity index (χ4n) is 3.05. The highest BCUT2D eigenvalue weighted by Crippen LogP contribution is 2.40. The van der Waals surface area contributed by atoms with Gasteiger partial charge in [0.25, 0.3) is 5.91 Å². The molecule has 0 unspecified atom stereocenters. The van der Waals surface area contributed by atoms with E-state index >= 15 is 0 Å². The molecule has 0 fully saturated rings. The van der Waals surface area contributed by atoms with E-state index in [0.29, 0.717) is 27.5 Å². The van der Waals surface area contributed by atoms with Crippen LogP contribution in [0, 0.1) is 13.8 Å². The van der Waals surface area contributed by atoms with E-state index in [4.69, 9.17) is 11.6 Å². The maximum Gasteiger partial charge on any atom is 0.307 e. The molecule has 3 N–H and O–H groups in total. The van der Waals surface area contributed by atoms with Crippen molar-refractivity contribution in [3.05, 3.63) is 52.5 Å². The van der Waals surface area contributed by atoms with Crippen LogP contribution in [-0.4, -0.2) is 30.3 Å². The van der Waals surface area contributed by atoms with Crippen LogP contribution in [0.5, 0.6) is 0 Å². The van der Waals surface area contributed by atoms with Crippen molar-refractivity contribution in [2.75, 3.05) is 10.6 Å². The summed E-state index contributed by atoms with van der Waals surface area (Å²) in [6, 6.07) is 9.32. The van der Waals surface area contributed by atoms with Gasteiger partial charge in [0.05, 0.1) is 22.7 Å². The summed E-state index contributed by atoms with van der Waals surface area (Å²) < 4.78 is 27.0. The van der Waals surface area contributed by atoms with Crippen LogP contribution in [-0.2, 0) is 19.4 Å². The van der Waals surface area contributed by atoms with E-state index in [2.05, 4.69) is 10.6 Å². The van der Waals surface area contributed by atoms with E-state index in [1.54, 1.807) is 38.1 Å². The standard InChI is InChI=1S/C18H17ClN2O5S/c1-10-8-15(11(2)7-12(10)19)27(25,26)18(9-16(22)23)17(24)20-13-5-3-4-6-14(13)21-18/h3-8,21H,9H2,1-2H3,(H,20,24)(H,22,23)/t18-/m1/s1. The van der Waals surface area contributed by atoms with E-state index in [-0.39, 0.29) is 4.90 Å². The van der Waals surface area contributed by atoms with Crippen LogP contribution in [0.25, 0.3) is 0 Å². The number of benzene rings is 2. The number of hydrogen-bond acceptors (Lipinski definition) is 5. The summed E-state index contributed by atoms with van der Waals surface area (Å²) in [6.07, 6.45) is -0.948. The summed E-state index contributed by atoms with van der Waals surface area (Å²) in [5.41, 5.74) is 1.53. The molecule has 1 atom stereocenters. The van der Waals surface area contributed by atoms with Gasteiger partial charge >= 0.3 is 5.97 Å². The summed E-state index contributed by atoms with van der Waals surface area (Å²) in [7, 11) is -4.44. The first-order chi connectivity index (χ1) is 12.6. The molecular formula is C18H17ClN2O5S. The van der Waals surface area contributed by atoms with Crippen LogP contribution in [0.4, 0.5) is 11.4 Å². The highest BCUT2D eigenvalue weighted by atomic mass is 35.5. The molecule has 1 heterocycles. The molecule has 0 aromatic heterocycles. The van der Waals surface area contributed by atoms with Crippen LogP contribution in [0.3, 0.4) is 0 Å². The number of carboxylic acids is 1. The average Bonchev–Trinajstić information content (AvgIpc) is 2.58. The summed E-state index contributed by atoms with van der Waals surface area (Å²) in [5, 5.41) is 14.9. The summed E-state index contributed by atoms with van der Waals surface area (Å²) in [4.78, 5) is 21.8. The molecule has 0 spiro atoms. The Labute approximate surface area is 161 Å². The fourth-order valence-corrected chi connectivity index (χ4v) is 5.31. The molecule has 1 aliphatic rings. The molecule has 0 radical (unpaired) electrons. The molecule has 0 saturated heterocycles. The molecule has 1 amide bonds. The molecule has 142 valence electrons. The van der Waals surface area contributed by atoms with Crippen LogP contribution in [0.15, 0.2) is 41.3 Å². The minimum absolute atomic E-state index is 0.146. The number of rotatable bonds is 4. The zero-order chi connectivity index (χ0) is 20.0. The van der Waals surface area contributed by atoms with E-state index in [1.165, 1.54) is 12.1 Å². The van der Waals surface area contributed by atoms with Crippen LogP contribution in [0.1, 0.15) is 17.5 Å². The third-order valence-corrected chi connectivity index (χ3v) is 7.26. The fraction of sp³-hybridized carbons (Fsp3) is 0.222. The number of aliphatic carboxylic acids is 1. The van der Waals surface area contributed by atoms with Crippen LogP contribution < -0.4 is 10.6 Å². The number of carbonyl (C=O) groups excluding carboxylic acids is 1. The van der Waals surface area contributed by atoms with Gasteiger partial charge < -0.3 is 15.7 Å². The number of halogens is 1. The Bertz CT molecular complexity index is 1070. The molecule has 3 rings (SSSR count). The first-order valence-corrected chi connectivity index (χ1v) is 9.86. The van der Waals surface area contributed by atoms with E-state index < -0.39 is 33.0 Å². The summed E-state index contributed by atoms with van der Waals surface area (Å²) >= 11 is 6.05. The van der Waals surface area contributed by atoms with Gasteiger partial charge in [-0.25, -0.2) is 8.42 Å². The number of carboxylic acid groups (broad SMARTS) is 1. The van der Waals surface area contributed by atoms with Crippen molar-refractivity contribution in [2.24, 2.45) is 0 Å². The molecule has 2 aromatic carbocycles. The lowest BCUT2D eigenvalue weighted by Gasteiger charge is -2.37. The smallest absolute Gasteiger partial charge is 0.307 e. The van der Waals surface area contributed by atoms with E-state index in [1.807, 2.05) is 0 Å². The minimum atomic E-state index is -4.44. The Kier molecular flexibility index (Phi) is 4.65. The molecule has 0 bridgehead atoms. The van der Waals surface area contributed by atoms with Crippen LogP contribution in [0.2, 0.25) is 5.02 Å². The average molecular weight is 409 g/mol. The number of nitrogens with one attached hydrogen (secondary N) is 2. The van der Waals surface area contributed by atoms with Gasteiger partial charge in [0.2, 0.25) is 14.7 Å². The number of sulfone groups is 1. The first-order valence-electron chi connectivity index (χ1n) is 8.00. The second kappa shape index (κ2) is 6.54. The van der Waals surface area contributed by atoms with E-state index in [9.17, 15) is 23.1 Å². The molecule has 0 saturated carbocycles. The van der Waals surface area contributed by atoms with E-state index in [0.717, 1.165) is 0 Å². The van der Waals surface area contributed by atoms with Crippen LogP contribution >= 0.6 is 11.6 Å². The molecule has 27 heavy (non-hydrogen) atoms. The van der Waals surface area contributed by atoms with Crippen molar-refractivity contribution in [1.82, 2.24) is 0 Å². The Balaban J connectivity index is 2.26. The second-order valence-corrected chi connectivity index (χ2v) is 8.94. The maximum absolute atomic E-state index is 13.5. The third kappa shape index (κ3) is 3.04. The number of carbonyl (C=O) groups is 2. The van der Waals surface area contributed by atoms with Crippen molar-refractivity contribution in [3.8, 4) is 0 Å². The highest BCUT2D eigenvalue weighted by molar-refractivity contribution is 7.93. The quantitative estimate of drug-likeness (QED) is 0.716. The van der Waals surface area contributed by atoms with Gasteiger partial charge in [0.1, 0.15) is 0 Å². The lowest BCUT2D eigenvalue weighted by atomic mass is 10.1. The van der Waals surface area contributed by atoms with Gasteiger partial charge in [-0.3, -0.25) is 9.59 Å². The Morgan fingerprint density at radius 3 is 2.41 bits per heavy atom. The predicted molar refractivity (Wildman–Crippen MR) is 102 cm³/mol. The molecular weight excluding hydrogens is 392 g/mol. The summed E-state index contributed by atoms with van der Waals surface area (Å²) in [6.45, 7) is 3.18. The van der Waals surface area contributed by atoms with Gasteiger partial charge in [-0.05, 0) is 49.2 Å². The predicted octanol–water partition coefficient (Wildman–Crippen LogP) is 2.97. The SMILES string of the molecule is Cc1cc(S(=O)(=O)[C@@]2(CC(=O)O)Nc3ccccc3NC2=O)c(C)cc1Cl. The highest BCUT2D eigenvalue weighted by Gasteiger charge is 2.55. The third-order valence-electron chi connectivity index (χ3n) is 4.48. The Morgan fingerprint density at radius 2 is 1.78 bits per heavy atom. The number of fused-ring (bicyclic) bond motifs is 1. The van der Waals surface area contributed by atoms with Gasteiger partial charge in [0.15, 0.2) is 0 Å². The Hall–Kier alpha value is -2.58. The zero-order valence-corrected chi connectivity index (χ0v) is 16.1. The lowest BCUT2D eigenvalue weighted by Crippen LogP contribution is -2.59. The van der Waals surface area contributed by atoms with Crippen molar-refractivity contribution in [3.63, 3.8) is 0 Å². The zero-order valence-electron chi connectivity index (χ0n) is 14.5. The summed E-state index contributed by atoms with van der Waals surface area (Å²) in [5.74, 6) is -2.38. The number of anilines is 2. The van der Waals surface area contributed by atoms with Gasteiger partial charge in [-0.15, -0.1) is 0 Å². The monoisotopic (exact) mass is 408 g/mol. The van der Waals surface area contributed by atoms with Gasteiger partial charge in [0, 0.05) is 5.02 Å². The lowest BCUT2D eigenvalue weighted by molar-refractivity contribution is -0.139. The molecule has 9 heteroatoms. The maximum atomic E-state index is 13.5.